The van der Waals surface area contributed by atoms with Gasteiger partial charge in [-0.25, -0.2) is 17.5 Å². The average Bonchev–Trinajstić information content (AvgIpc) is 3.42. The third kappa shape index (κ3) is 11.7. The minimum absolute atomic E-state index is 0.134. The Kier molecular flexibility index (Phi) is 14.5. The molecule has 2 rings (SSSR count). The van der Waals surface area contributed by atoms with E-state index in [4.69, 9.17) is 0 Å². The molecule has 1 unspecified atom stereocenters. The number of carbonyl (C=O) groups is 4. The van der Waals surface area contributed by atoms with Gasteiger partial charge in [0, 0.05) is 38.8 Å². The zero-order valence-electron chi connectivity index (χ0n) is 28.5. The zero-order chi connectivity index (χ0) is 34.0. The van der Waals surface area contributed by atoms with Gasteiger partial charge in [-0.05, 0) is 49.5 Å². The van der Waals surface area contributed by atoms with Crippen LogP contribution in [0.25, 0.3) is 0 Å². The van der Waals surface area contributed by atoms with Crippen LogP contribution in [0.5, 0.6) is 0 Å². The SMILES string of the molecule is C=CCNC(=O)C(=O)C(CCC)NC(=O)[C@@H]1CCCN1C[C@@H](NC(=O)N[C@H](CN(C)S(C)(=O)=O)C(C)(C)C)C1(C)CCCCC1. The number of rotatable bonds is 16. The quantitative estimate of drug-likeness (QED) is 0.147. The van der Waals surface area contributed by atoms with E-state index in [0.29, 0.717) is 32.4 Å². The van der Waals surface area contributed by atoms with Crippen LogP contribution in [0.1, 0.15) is 92.4 Å². The summed E-state index contributed by atoms with van der Waals surface area (Å²) in [6.45, 7) is 14.9. The van der Waals surface area contributed by atoms with E-state index in [-0.39, 0.29) is 36.5 Å². The molecule has 4 atom stereocenters. The van der Waals surface area contributed by atoms with E-state index >= 15 is 0 Å². The summed E-state index contributed by atoms with van der Waals surface area (Å²) in [5.74, 6) is -1.70. The summed E-state index contributed by atoms with van der Waals surface area (Å²) in [6, 6.07) is -2.48. The van der Waals surface area contributed by atoms with Gasteiger partial charge in [0.1, 0.15) is 0 Å². The van der Waals surface area contributed by atoms with Crippen molar-refractivity contribution in [1.82, 2.24) is 30.5 Å². The van der Waals surface area contributed by atoms with Crippen LogP contribution in [0.3, 0.4) is 0 Å². The van der Waals surface area contributed by atoms with Crippen LogP contribution in [-0.2, 0) is 24.4 Å². The highest BCUT2D eigenvalue weighted by molar-refractivity contribution is 7.88. The molecule has 0 spiro atoms. The van der Waals surface area contributed by atoms with Crippen molar-refractivity contribution in [3.8, 4) is 0 Å². The molecule has 0 aromatic rings. The summed E-state index contributed by atoms with van der Waals surface area (Å²) in [6.07, 6.45) is 10.1. The number of sulfonamides is 1. The molecule has 4 N–H and O–H groups in total. The lowest BCUT2D eigenvalue weighted by molar-refractivity contribution is -0.140. The number of nitrogens with one attached hydrogen (secondary N) is 4. The van der Waals surface area contributed by atoms with E-state index in [1.165, 1.54) is 17.4 Å². The molecular weight excluding hydrogens is 596 g/mol. The number of ketones is 1. The van der Waals surface area contributed by atoms with Gasteiger partial charge in [-0.3, -0.25) is 19.3 Å². The van der Waals surface area contributed by atoms with Crippen molar-refractivity contribution >= 4 is 33.7 Å². The third-order valence-corrected chi connectivity index (χ3v) is 10.7. The van der Waals surface area contributed by atoms with Gasteiger partial charge >= 0.3 is 6.03 Å². The maximum absolute atomic E-state index is 13.6. The second-order valence-electron chi connectivity index (χ2n) is 14.2. The van der Waals surface area contributed by atoms with Crippen molar-refractivity contribution in [2.75, 3.05) is 39.5 Å². The van der Waals surface area contributed by atoms with E-state index in [9.17, 15) is 27.6 Å². The summed E-state index contributed by atoms with van der Waals surface area (Å²) in [5.41, 5.74) is -0.600. The highest BCUT2D eigenvalue weighted by Crippen LogP contribution is 2.40. The van der Waals surface area contributed by atoms with E-state index in [1.54, 1.807) is 0 Å². The Bertz CT molecular complexity index is 1150. The Morgan fingerprint density at radius 3 is 2.27 bits per heavy atom. The molecule has 2 aliphatic rings. The first-order chi connectivity index (χ1) is 20.9. The molecule has 0 bridgehead atoms. The number of hydrogen-bond acceptors (Lipinski definition) is 7. The van der Waals surface area contributed by atoms with Crippen molar-refractivity contribution in [1.29, 1.82) is 0 Å². The normalized spacial score (nSPS) is 20.9. The number of urea groups is 1. The minimum atomic E-state index is -3.43. The van der Waals surface area contributed by atoms with Gasteiger partial charge in [0.2, 0.25) is 21.7 Å². The topological polar surface area (TPSA) is 157 Å². The first-order valence-corrected chi connectivity index (χ1v) is 18.2. The second-order valence-corrected chi connectivity index (χ2v) is 16.3. The fourth-order valence-corrected chi connectivity index (χ4v) is 6.67. The Balaban J connectivity index is 2.23. The lowest BCUT2D eigenvalue weighted by Crippen LogP contribution is -2.60. The molecule has 1 saturated heterocycles. The lowest BCUT2D eigenvalue weighted by atomic mass is 9.70. The zero-order valence-corrected chi connectivity index (χ0v) is 29.4. The molecule has 0 aromatic carbocycles. The highest BCUT2D eigenvalue weighted by Gasteiger charge is 2.42. The molecule has 1 heterocycles. The van der Waals surface area contributed by atoms with Crippen LogP contribution in [0.2, 0.25) is 0 Å². The van der Waals surface area contributed by atoms with Gasteiger partial charge < -0.3 is 21.3 Å². The van der Waals surface area contributed by atoms with Crippen LogP contribution in [0.4, 0.5) is 4.79 Å². The minimum Gasteiger partial charge on any atom is -0.346 e. The molecule has 2 fully saturated rings. The summed E-state index contributed by atoms with van der Waals surface area (Å²) in [4.78, 5) is 54.4. The van der Waals surface area contributed by atoms with Crippen LogP contribution < -0.4 is 21.3 Å². The number of carbonyl (C=O) groups excluding carboxylic acids is 4. The van der Waals surface area contributed by atoms with E-state index in [2.05, 4.69) is 39.7 Å². The van der Waals surface area contributed by atoms with Crippen LogP contribution >= 0.6 is 0 Å². The van der Waals surface area contributed by atoms with Gasteiger partial charge in [0.15, 0.2) is 0 Å². The largest absolute Gasteiger partial charge is 0.346 e. The van der Waals surface area contributed by atoms with Crippen molar-refractivity contribution < 1.29 is 27.6 Å². The molecular formula is C32H58N6O6S. The third-order valence-electron chi connectivity index (χ3n) is 9.42. The maximum atomic E-state index is 13.6. The molecule has 1 aliphatic heterocycles. The van der Waals surface area contributed by atoms with Crippen molar-refractivity contribution in [2.24, 2.45) is 10.8 Å². The number of Topliss-reactive ketones (excluding diaryl/α,β-unsaturated/α-hetero) is 1. The highest BCUT2D eigenvalue weighted by atomic mass is 32.2. The summed E-state index contributed by atoms with van der Waals surface area (Å²) >= 11 is 0. The summed E-state index contributed by atoms with van der Waals surface area (Å²) in [5, 5.41) is 11.6. The first-order valence-electron chi connectivity index (χ1n) is 16.4. The molecule has 13 heteroatoms. The van der Waals surface area contributed by atoms with Gasteiger partial charge in [0.05, 0.1) is 18.3 Å². The molecule has 0 radical (unpaired) electrons. The molecule has 1 aliphatic carbocycles. The van der Waals surface area contributed by atoms with Crippen LogP contribution in [0, 0.1) is 10.8 Å². The van der Waals surface area contributed by atoms with Gasteiger partial charge in [-0.1, -0.05) is 66.4 Å². The fourth-order valence-electron chi connectivity index (χ4n) is 6.25. The smallest absolute Gasteiger partial charge is 0.315 e. The second kappa shape index (κ2) is 16.9. The molecule has 1 saturated carbocycles. The van der Waals surface area contributed by atoms with Crippen LogP contribution in [0.15, 0.2) is 12.7 Å². The maximum Gasteiger partial charge on any atom is 0.315 e. The van der Waals surface area contributed by atoms with Gasteiger partial charge in [-0.15, -0.1) is 6.58 Å². The van der Waals surface area contributed by atoms with Gasteiger partial charge in [0.25, 0.3) is 5.91 Å². The molecule has 0 aromatic heterocycles. The van der Waals surface area contributed by atoms with Crippen LogP contribution in [-0.4, -0.2) is 105 Å². The molecule has 12 nitrogen and oxygen atoms in total. The Hall–Kier alpha value is -2.51. The number of hydrogen-bond donors (Lipinski definition) is 4. The predicted octanol–water partition coefficient (Wildman–Crippen LogP) is 2.55. The Morgan fingerprint density at radius 2 is 1.71 bits per heavy atom. The first kappa shape index (κ1) is 38.7. The van der Waals surface area contributed by atoms with E-state index in [0.717, 1.165) is 44.8 Å². The Morgan fingerprint density at radius 1 is 1.07 bits per heavy atom. The van der Waals surface area contributed by atoms with Crippen molar-refractivity contribution in [3.05, 3.63) is 12.7 Å². The monoisotopic (exact) mass is 654 g/mol. The number of amides is 4. The van der Waals surface area contributed by atoms with E-state index in [1.807, 2.05) is 27.7 Å². The van der Waals surface area contributed by atoms with Crippen molar-refractivity contribution in [2.45, 2.75) is 117 Å². The lowest BCUT2D eigenvalue weighted by Gasteiger charge is -2.44. The molecule has 258 valence electrons. The molecule has 45 heavy (non-hydrogen) atoms. The Labute approximate surface area is 270 Å². The standard InChI is InChI=1S/C32H58N6O6S/c1-9-15-23(27(39)29(41)33-19-10-2)34-28(40)24-16-14-20-38(24)22-26(32(6)17-12-11-13-18-32)36-30(42)35-25(31(3,4)5)21-37(7)45(8,43)44/h10,23-26H,2,9,11-22H2,1,3-8H3,(H,33,41)(H,34,40)(H2,35,36,42)/t23?,24-,25+,26+/m0/s1. The number of nitrogens with zero attached hydrogens (tertiary/aromatic N) is 2. The van der Waals surface area contributed by atoms with Gasteiger partial charge in [-0.2, -0.15) is 0 Å². The number of likely N-dealkylation sites (tertiary alicyclic amines) is 1. The van der Waals surface area contributed by atoms with Crippen molar-refractivity contribution in [3.63, 3.8) is 0 Å². The average molecular weight is 655 g/mol. The number of likely N-dealkylation sites (N-methyl/N-ethyl adjacent to an activating group) is 1. The summed E-state index contributed by atoms with van der Waals surface area (Å²) < 4.78 is 25.5. The fraction of sp³-hybridized carbons (Fsp3) is 0.812. The van der Waals surface area contributed by atoms with E-state index < -0.39 is 45.3 Å². The predicted molar refractivity (Wildman–Crippen MR) is 177 cm³/mol. The molecule has 4 amide bonds. The summed E-state index contributed by atoms with van der Waals surface area (Å²) in [7, 11) is -1.93.